The Kier molecular flexibility index (Phi) is 7.03. The largest absolute Gasteiger partial charge is 0.497 e. The number of aromatic nitrogens is 1. The van der Waals surface area contributed by atoms with E-state index in [0.29, 0.717) is 25.9 Å². The third kappa shape index (κ3) is 5.12. The van der Waals surface area contributed by atoms with Gasteiger partial charge in [0.1, 0.15) is 19.0 Å². The number of piperidine rings is 1. The van der Waals surface area contributed by atoms with E-state index in [4.69, 9.17) is 14.2 Å². The van der Waals surface area contributed by atoms with Crippen molar-refractivity contribution >= 4 is 10.9 Å². The standard InChI is InChI=1S/C31H33N3O4/c1-36-25-8-9-26-27(23-5-3-2-4-6-23)19-31(35)34(28(26)18-25)21-33-13-11-24(12-14-33)32-20-22-7-10-29-30(17-22)38-16-15-37-29/h2-10,17-19,24,32H,11-16,20-21H2,1H3. The zero-order chi connectivity index (χ0) is 25.9. The molecule has 38 heavy (non-hydrogen) atoms. The topological polar surface area (TPSA) is 65.0 Å². The van der Waals surface area contributed by atoms with Crippen molar-refractivity contribution in [1.29, 1.82) is 0 Å². The molecule has 2 aliphatic rings. The second-order valence-corrected chi connectivity index (χ2v) is 9.97. The van der Waals surface area contributed by atoms with Crippen molar-refractivity contribution in [2.75, 3.05) is 33.4 Å². The number of nitrogens with zero attached hydrogens (tertiary/aromatic N) is 2. The normalized spacial score (nSPS) is 16.0. The zero-order valence-electron chi connectivity index (χ0n) is 21.7. The van der Waals surface area contributed by atoms with Gasteiger partial charge < -0.3 is 19.5 Å². The monoisotopic (exact) mass is 511 g/mol. The fourth-order valence-corrected chi connectivity index (χ4v) is 5.43. The van der Waals surface area contributed by atoms with Gasteiger partial charge >= 0.3 is 0 Å². The molecule has 0 amide bonds. The first kappa shape index (κ1) is 24.5. The van der Waals surface area contributed by atoms with Crippen LogP contribution in [0.1, 0.15) is 18.4 Å². The van der Waals surface area contributed by atoms with Gasteiger partial charge in [-0.2, -0.15) is 0 Å². The minimum atomic E-state index is 0.00321. The average molecular weight is 512 g/mol. The molecule has 1 N–H and O–H groups in total. The number of methoxy groups -OCH3 is 1. The first-order chi connectivity index (χ1) is 18.7. The molecule has 1 fully saturated rings. The maximum absolute atomic E-state index is 13.4. The fraction of sp³-hybridized carbons (Fsp3) is 0.323. The van der Waals surface area contributed by atoms with Gasteiger partial charge in [0, 0.05) is 43.2 Å². The van der Waals surface area contributed by atoms with E-state index in [0.717, 1.165) is 71.8 Å². The number of ether oxygens (including phenoxy) is 3. The minimum absolute atomic E-state index is 0.00321. The molecule has 0 saturated carbocycles. The molecule has 7 nitrogen and oxygen atoms in total. The summed E-state index contributed by atoms with van der Waals surface area (Å²) in [5.41, 5.74) is 4.09. The van der Waals surface area contributed by atoms with Crippen molar-refractivity contribution in [3.05, 3.63) is 88.7 Å². The molecule has 4 aromatic rings. The molecular weight excluding hydrogens is 478 g/mol. The van der Waals surface area contributed by atoms with Crippen LogP contribution in [0.4, 0.5) is 0 Å². The van der Waals surface area contributed by atoms with Crippen molar-refractivity contribution in [2.45, 2.75) is 32.1 Å². The predicted octanol–water partition coefficient (Wildman–Crippen LogP) is 4.66. The number of likely N-dealkylation sites (tertiary alicyclic amines) is 1. The maximum atomic E-state index is 13.4. The number of nitrogens with one attached hydrogen (secondary N) is 1. The minimum Gasteiger partial charge on any atom is -0.497 e. The molecule has 1 saturated heterocycles. The van der Waals surface area contributed by atoms with Crippen LogP contribution in [-0.2, 0) is 13.2 Å². The summed E-state index contributed by atoms with van der Waals surface area (Å²) in [6.45, 7) is 4.42. The van der Waals surface area contributed by atoms with E-state index in [9.17, 15) is 4.79 Å². The van der Waals surface area contributed by atoms with Crippen molar-refractivity contribution < 1.29 is 14.2 Å². The highest BCUT2D eigenvalue weighted by molar-refractivity contribution is 5.95. The Balaban J connectivity index is 1.15. The van der Waals surface area contributed by atoms with E-state index in [2.05, 4.69) is 28.4 Å². The quantitative estimate of drug-likeness (QED) is 0.389. The first-order valence-electron chi connectivity index (χ1n) is 13.3. The first-order valence-corrected chi connectivity index (χ1v) is 13.3. The van der Waals surface area contributed by atoms with Gasteiger partial charge in [0.25, 0.3) is 5.56 Å². The summed E-state index contributed by atoms with van der Waals surface area (Å²) in [6.07, 6.45) is 2.06. The van der Waals surface area contributed by atoms with Crippen LogP contribution in [0.2, 0.25) is 0 Å². The number of hydrogen-bond donors (Lipinski definition) is 1. The SMILES string of the molecule is COc1ccc2c(-c3ccccc3)cc(=O)n(CN3CCC(NCc4ccc5c(c4)OCCO5)CC3)c2c1. The van der Waals surface area contributed by atoms with Crippen LogP contribution in [0.25, 0.3) is 22.0 Å². The van der Waals surface area contributed by atoms with E-state index in [1.807, 2.05) is 53.1 Å². The van der Waals surface area contributed by atoms with Gasteiger partial charge in [-0.05, 0) is 53.8 Å². The van der Waals surface area contributed by atoms with Gasteiger partial charge in [0.15, 0.2) is 11.5 Å². The van der Waals surface area contributed by atoms with E-state index in [1.165, 1.54) is 5.56 Å². The third-order valence-electron chi connectivity index (χ3n) is 7.53. The van der Waals surface area contributed by atoms with Gasteiger partial charge in [-0.15, -0.1) is 0 Å². The second-order valence-electron chi connectivity index (χ2n) is 9.97. The summed E-state index contributed by atoms with van der Waals surface area (Å²) < 4.78 is 18.7. The smallest absolute Gasteiger partial charge is 0.252 e. The van der Waals surface area contributed by atoms with Gasteiger partial charge in [0.05, 0.1) is 19.3 Å². The lowest BCUT2D eigenvalue weighted by Crippen LogP contribution is -2.44. The van der Waals surface area contributed by atoms with E-state index in [1.54, 1.807) is 13.2 Å². The third-order valence-corrected chi connectivity index (χ3v) is 7.53. The molecule has 3 heterocycles. The zero-order valence-corrected chi connectivity index (χ0v) is 21.7. The Morgan fingerprint density at radius 2 is 1.71 bits per heavy atom. The van der Waals surface area contributed by atoms with Crippen LogP contribution >= 0.6 is 0 Å². The average Bonchev–Trinajstić information content (AvgIpc) is 2.98. The highest BCUT2D eigenvalue weighted by Crippen LogP contribution is 2.31. The van der Waals surface area contributed by atoms with Crippen molar-refractivity contribution in [1.82, 2.24) is 14.8 Å². The fourth-order valence-electron chi connectivity index (χ4n) is 5.43. The van der Waals surface area contributed by atoms with Crippen LogP contribution < -0.4 is 25.1 Å². The molecule has 2 aliphatic heterocycles. The van der Waals surface area contributed by atoms with Crippen molar-refractivity contribution in [3.8, 4) is 28.4 Å². The van der Waals surface area contributed by atoms with Crippen LogP contribution in [0.3, 0.4) is 0 Å². The van der Waals surface area contributed by atoms with Gasteiger partial charge in [-0.1, -0.05) is 36.4 Å². The molecular formula is C31H33N3O4. The molecule has 0 unspecified atom stereocenters. The lowest BCUT2D eigenvalue weighted by molar-refractivity contribution is 0.159. The molecule has 0 spiro atoms. The number of hydrogen-bond acceptors (Lipinski definition) is 6. The van der Waals surface area contributed by atoms with Crippen molar-refractivity contribution in [3.63, 3.8) is 0 Å². The summed E-state index contributed by atoms with van der Waals surface area (Å²) in [7, 11) is 1.66. The lowest BCUT2D eigenvalue weighted by atomic mass is 10.0. The molecule has 196 valence electrons. The number of fused-ring (bicyclic) bond motifs is 2. The summed E-state index contributed by atoms with van der Waals surface area (Å²) in [5.74, 6) is 2.40. The highest BCUT2D eigenvalue weighted by atomic mass is 16.6. The molecule has 0 aliphatic carbocycles. The Bertz CT molecular complexity index is 1480. The van der Waals surface area contributed by atoms with E-state index in [-0.39, 0.29) is 5.56 Å². The predicted molar refractivity (Wildman–Crippen MR) is 149 cm³/mol. The summed E-state index contributed by atoms with van der Waals surface area (Å²) >= 11 is 0. The van der Waals surface area contributed by atoms with Crippen LogP contribution in [-0.4, -0.2) is 48.9 Å². The number of benzene rings is 3. The van der Waals surface area contributed by atoms with Crippen LogP contribution in [0, 0.1) is 0 Å². The van der Waals surface area contributed by atoms with Crippen LogP contribution in [0.5, 0.6) is 17.2 Å². The summed E-state index contributed by atoms with van der Waals surface area (Å²) in [6, 6.07) is 24.5. The van der Waals surface area contributed by atoms with Crippen molar-refractivity contribution in [2.24, 2.45) is 0 Å². The molecule has 7 heteroatoms. The Morgan fingerprint density at radius 3 is 2.50 bits per heavy atom. The molecule has 1 aromatic heterocycles. The van der Waals surface area contributed by atoms with Gasteiger partial charge in [0.2, 0.25) is 0 Å². The molecule has 0 atom stereocenters. The number of rotatable bonds is 7. The van der Waals surface area contributed by atoms with Gasteiger partial charge in [-0.3, -0.25) is 14.3 Å². The highest BCUT2D eigenvalue weighted by Gasteiger charge is 2.21. The van der Waals surface area contributed by atoms with Gasteiger partial charge in [-0.25, -0.2) is 0 Å². The Morgan fingerprint density at radius 1 is 0.921 bits per heavy atom. The van der Waals surface area contributed by atoms with Crippen LogP contribution in [0.15, 0.2) is 77.6 Å². The Hall–Kier alpha value is -3.81. The molecule has 6 rings (SSSR count). The van der Waals surface area contributed by atoms with E-state index < -0.39 is 0 Å². The molecule has 0 bridgehead atoms. The summed E-state index contributed by atoms with van der Waals surface area (Å²) in [4.78, 5) is 15.8. The molecule has 0 radical (unpaired) electrons. The molecule has 3 aromatic carbocycles. The maximum Gasteiger partial charge on any atom is 0.252 e. The Labute approximate surface area is 222 Å². The number of pyridine rings is 1. The lowest BCUT2D eigenvalue weighted by Gasteiger charge is -2.33. The summed E-state index contributed by atoms with van der Waals surface area (Å²) in [5, 5.41) is 4.75. The van der Waals surface area contributed by atoms with E-state index >= 15 is 0 Å². The second kappa shape index (κ2) is 10.9.